The van der Waals surface area contributed by atoms with Crippen molar-refractivity contribution in [2.24, 2.45) is 5.92 Å². The van der Waals surface area contributed by atoms with Gasteiger partial charge in [-0.05, 0) is 0 Å². The molecule has 3 heteroatoms. The Balaban J connectivity index is 4.36. The maximum atomic E-state index is 10.6. The van der Waals surface area contributed by atoms with Crippen LogP contribution in [0.2, 0.25) is 14.9 Å². The van der Waals surface area contributed by atoms with Gasteiger partial charge in [0.25, 0.3) is 0 Å². The van der Waals surface area contributed by atoms with Gasteiger partial charge < -0.3 is 0 Å². The van der Waals surface area contributed by atoms with Crippen LogP contribution in [0.5, 0.6) is 0 Å². The summed E-state index contributed by atoms with van der Waals surface area (Å²) in [5.74, 6) is 5.27. The van der Waals surface area contributed by atoms with Crippen LogP contribution in [0, 0.1) is 5.92 Å². The molecule has 0 aromatic rings. The Bertz CT molecular complexity index is 144. The summed E-state index contributed by atoms with van der Waals surface area (Å²) in [7, 11) is 0. The topological polar surface area (TPSA) is 17.1 Å². The van der Waals surface area contributed by atoms with Gasteiger partial charge >= 0.3 is 94.9 Å². The van der Waals surface area contributed by atoms with Crippen LogP contribution in [0.1, 0.15) is 33.1 Å². The summed E-state index contributed by atoms with van der Waals surface area (Å²) in [6, 6.07) is 0. The van der Waals surface area contributed by atoms with Gasteiger partial charge in [0.15, 0.2) is 0 Å². The summed E-state index contributed by atoms with van der Waals surface area (Å²) in [5, 5.41) is 0. The summed E-state index contributed by atoms with van der Waals surface area (Å²) in [5.41, 5.74) is 0. The monoisotopic (exact) mass is 316 g/mol. The van der Waals surface area contributed by atoms with E-state index in [1.165, 1.54) is 12.8 Å². The average molecular weight is 314 g/mol. The van der Waals surface area contributed by atoms with Crippen LogP contribution in [0.4, 0.5) is 0 Å². The molecule has 0 aliphatic carbocycles. The average Bonchev–Trinajstić information content (AvgIpc) is 2.16. The molecule has 0 aliphatic heterocycles. The summed E-state index contributed by atoms with van der Waals surface area (Å²) >= 11 is 1.34. The molecular weight excluding hydrogens is 294 g/mol. The Morgan fingerprint density at radius 2 is 1.92 bits per heavy atom. The van der Waals surface area contributed by atoms with E-state index in [0.29, 0.717) is 39.0 Å². The molecule has 78 valence electrons. The number of hydrogen-bond donors (Lipinski definition) is 0. The molecule has 0 N–H and O–H groups in total. The molecule has 0 aromatic carbocycles. The first-order valence-corrected chi connectivity index (χ1v) is 9.82. The van der Waals surface area contributed by atoms with Crippen LogP contribution >= 0.6 is 0 Å². The van der Waals surface area contributed by atoms with Crippen molar-refractivity contribution in [1.82, 2.24) is 0 Å². The summed E-state index contributed by atoms with van der Waals surface area (Å²) in [6.07, 6.45) is 4.31. The van der Waals surface area contributed by atoms with E-state index in [9.17, 15) is 4.79 Å². The van der Waals surface area contributed by atoms with E-state index in [0.717, 1.165) is 12.7 Å². The summed E-state index contributed by atoms with van der Waals surface area (Å²) in [6.45, 7) is 4.58. The zero-order valence-corrected chi connectivity index (χ0v) is 12.4. The zero-order chi connectivity index (χ0) is 10.3. The van der Waals surface area contributed by atoms with Gasteiger partial charge in [-0.25, -0.2) is 0 Å². The molecule has 1 nitrogen and oxygen atoms in total. The predicted molar refractivity (Wildman–Crippen MR) is 60.7 cm³/mol. The fraction of sp³-hybridized carbons (Fsp3) is 0.900. The van der Waals surface area contributed by atoms with Crippen LogP contribution in [-0.4, -0.2) is 36.2 Å². The third-order valence-corrected chi connectivity index (χ3v) is 11.0. The van der Waals surface area contributed by atoms with Crippen molar-refractivity contribution >= 4 is 36.2 Å². The third kappa shape index (κ3) is 4.16. The van der Waals surface area contributed by atoms with Crippen LogP contribution in [0.3, 0.4) is 0 Å². The van der Waals surface area contributed by atoms with Crippen molar-refractivity contribution in [2.45, 2.75) is 48.0 Å². The molecule has 0 saturated carbocycles. The molecule has 0 aromatic heterocycles. The third-order valence-electron chi connectivity index (χ3n) is 2.57. The van der Waals surface area contributed by atoms with E-state index >= 15 is 0 Å². The van der Waals surface area contributed by atoms with E-state index in [1.54, 1.807) is 0 Å². The molecule has 1 unspecified atom stereocenters. The fourth-order valence-corrected chi connectivity index (χ4v) is 5.94. The van der Waals surface area contributed by atoms with E-state index in [4.69, 9.17) is 0 Å². The molecule has 0 bridgehead atoms. The summed E-state index contributed by atoms with van der Waals surface area (Å²) < 4.78 is 0.497. The summed E-state index contributed by atoms with van der Waals surface area (Å²) in [4.78, 5) is 10.6. The first-order valence-electron chi connectivity index (χ1n) is 4.68. The molecule has 0 rings (SSSR count). The number of carbonyl (C=O) groups excluding carboxylic acids is 1. The molecule has 0 aliphatic rings. The molecule has 0 heterocycles. The van der Waals surface area contributed by atoms with Crippen molar-refractivity contribution < 1.29 is 4.79 Å². The van der Waals surface area contributed by atoms with Gasteiger partial charge in [-0.15, -0.1) is 0 Å². The molecule has 1 atom stereocenters. The first-order chi connectivity index (χ1) is 6.14. The van der Waals surface area contributed by atoms with E-state index in [2.05, 4.69) is 25.5 Å². The van der Waals surface area contributed by atoms with E-state index in [-0.39, 0.29) is 0 Å². The van der Waals surface area contributed by atoms with Crippen molar-refractivity contribution in [3.05, 3.63) is 0 Å². The molecule has 0 fully saturated rings. The Kier molecular flexibility index (Phi) is 7.45. The van der Waals surface area contributed by atoms with Crippen molar-refractivity contribution in [3.8, 4) is 0 Å². The van der Waals surface area contributed by atoms with Crippen LogP contribution < -0.4 is 0 Å². The van der Waals surface area contributed by atoms with Gasteiger partial charge in [-0.2, -0.15) is 0 Å². The van der Waals surface area contributed by atoms with Crippen molar-refractivity contribution in [3.63, 3.8) is 0 Å². The Labute approximate surface area is 94.7 Å². The Hall–Kier alpha value is 0.709. The van der Waals surface area contributed by atoms with E-state index < -0.39 is 0 Å². The molecule has 0 radical (unpaired) electrons. The standard InChI is InChI=1S/C10H20OSe2/c1-5-6-9(7-8-11)10(2,12-3)13-4/h8-9H,5-7H2,1-4H3. The number of aldehydes is 1. The second-order valence-corrected chi connectivity index (χ2v) is 9.89. The van der Waals surface area contributed by atoms with Crippen LogP contribution in [0.25, 0.3) is 0 Å². The number of rotatable bonds is 7. The quantitative estimate of drug-likeness (QED) is 0.521. The van der Waals surface area contributed by atoms with E-state index in [1.807, 2.05) is 0 Å². The normalized spacial score (nSPS) is 14.2. The SMILES string of the molecule is CCCC(CC=O)C(C)([Se]C)[Se]C. The minimum absolute atomic E-state index is 0.497. The van der Waals surface area contributed by atoms with Crippen LogP contribution in [0.15, 0.2) is 0 Å². The first kappa shape index (κ1) is 13.7. The molecule has 13 heavy (non-hydrogen) atoms. The van der Waals surface area contributed by atoms with Gasteiger partial charge in [0.1, 0.15) is 0 Å². The van der Waals surface area contributed by atoms with Crippen molar-refractivity contribution in [2.75, 3.05) is 0 Å². The second kappa shape index (κ2) is 7.06. The number of hydrogen-bond acceptors (Lipinski definition) is 1. The van der Waals surface area contributed by atoms with Gasteiger partial charge in [-0.3, -0.25) is 0 Å². The van der Waals surface area contributed by atoms with Gasteiger partial charge in [0.05, 0.1) is 0 Å². The van der Waals surface area contributed by atoms with Gasteiger partial charge in [0, 0.05) is 0 Å². The van der Waals surface area contributed by atoms with Gasteiger partial charge in [-0.1, -0.05) is 0 Å². The predicted octanol–water partition coefficient (Wildman–Crippen LogP) is 2.63. The maximum absolute atomic E-state index is 10.6. The second-order valence-electron chi connectivity index (χ2n) is 3.31. The molecule has 0 spiro atoms. The zero-order valence-electron chi connectivity index (χ0n) is 9.00. The minimum atomic E-state index is 0.497. The van der Waals surface area contributed by atoms with Gasteiger partial charge in [0.2, 0.25) is 0 Å². The Morgan fingerprint density at radius 1 is 1.38 bits per heavy atom. The van der Waals surface area contributed by atoms with Crippen LogP contribution in [-0.2, 0) is 4.79 Å². The Morgan fingerprint density at radius 3 is 2.23 bits per heavy atom. The molecule has 0 saturated heterocycles. The van der Waals surface area contributed by atoms with Crippen molar-refractivity contribution in [1.29, 1.82) is 0 Å². The molecule has 0 amide bonds. The fourth-order valence-electron chi connectivity index (χ4n) is 1.48. The molecular formula is C10H20OSe2. The number of carbonyl (C=O) groups is 1.